The van der Waals surface area contributed by atoms with E-state index in [2.05, 4.69) is 40.7 Å². The molecule has 10 aliphatic rings. The Hall–Kier alpha value is -2.28. The van der Waals surface area contributed by atoms with E-state index >= 15 is 4.79 Å². The first-order valence-corrected chi connectivity index (χ1v) is 31.7. The predicted molar refractivity (Wildman–Crippen MR) is 299 cm³/mol. The highest BCUT2D eigenvalue weighted by molar-refractivity contribution is 5.79. The van der Waals surface area contributed by atoms with E-state index in [0.29, 0.717) is 44.9 Å². The summed E-state index contributed by atoms with van der Waals surface area (Å²) in [6.07, 6.45) is -31.5. The maximum absolute atomic E-state index is 15.3. The van der Waals surface area contributed by atoms with Crippen molar-refractivity contribution in [3.63, 3.8) is 0 Å². The van der Waals surface area contributed by atoms with Crippen LogP contribution in [0.2, 0.25) is 0 Å². The van der Waals surface area contributed by atoms with Crippen molar-refractivity contribution < 1.29 is 138 Å². The van der Waals surface area contributed by atoms with Crippen molar-refractivity contribution >= 4 is 11.9 Å². The smallest absolute Gasteiger partial charge is 0.315 e. The zero-order valence-electron chi connectivity index (χ0n) is 51.9. The van der Waals surface area contributed by atoms with Crippen LogP contribution in [0, 0.1) is 50.2 Å². The lowest BCUT2D eigenvalue weighted by Gasteiger charge is -2.71. The van der Waals surface area contributed by atoms with Crippen molar-refractivity contribution in [2.24, 2.45) is 50.2 Å². The molecule has 0 bridgehead atoms. The monoisotopic (exact) mass is 1280 g/mol. The normalized spacial score (nSPS) is 53.2. The number of rotatable bonds is 15. The van der Waals surface area contributed by atoms with Crippen LogP contribution in [0.5, 0.6) is 0 Å². The summed E-state index contributed by atoms with van der Waals surface area (Å²) in [4.78, 5) is 27.2. The van der Waals surface area contributed by atoms with Crippen molar-refractivity contribution in [3.8, 4) is 0 Å². The zero-order chi connectivity index (χ0) is 65.0. The second-order valence-corrected chi connectivity index (χ2v) is 29.1. The molecule has 33 atom stereocenters. The molecule has 28 nitrogen and oxygen atoms in total. The van der Waals surface area contributed by atoms with Crippen LogP contribution in [-0.4, -0.2) is 275 Å². The van der Waals surface area contributed by atoms with Crippen molar-refractivity contribution in [1.82, 2.24) is 0 Å². The van der Waals surface area contributed by atoms with E-state index in [-0.39, 0.29) is 35.9 Å². The molecular formula is C61H98O28. The highest BCUT2D eigenvalue weighted by Crippen LogP contribution is 2.76. The molecule has 0 aromatic heterocycles. The molecule has 0 unspecified atom stereocenters. The van der Waals surface area contributed by atoms with Crippen LogP contribution in [0.15, 0.2) is 11.6 Å². The maximum atomic E-state index is 15.3. The molecule has 9 fully saturated rings. The Morgan fingerprint density at radius 1 is 0.573 bits per heavy atom. The topological polar surface area (TPSA) is 439 Å². The summed E-state index contributed by atoms with van der Waals surface area (Å²) in [7, 11) is 0. The summed E-state index contributed by atoms with van der Waals surface area (Å²) < 4.78 is 64.9. The number of hydrogen-bond acceptors (Lipinski definition) is 28. The molecule has 0 aromatic rings. The fourth-order valence-corrected chi connectivity index (χ4v) is 17.8. The lowest BCUT2D eigenvalue weighted by atomic mass is 9.33. The Morgan fingerprint density at radius 2 is 1.17 bits per heavy atom. The SMILES string of the molecule is CC(=O)OC[C@H]1O[C@@H](OC[C@H]2O[C@@H](OC(=O)[C@]34CC[C@@](C)(CO)C[C@H]3C3=CC[C@@H]5[C@@]6(C)CC[C@H](O[C@H]7OC[C@@H](O)[C@@H](O)[C@@H]7O[C@@H]7O[C@H](CO)[C@@H](O)[C@H](O)[C@H]7O)C(C)(C)[C@@H]6CC[C@@]5(C)[C@]3(C)CC4)[C@H](O)[C@@H](O)[C@@H]2O)[C@H](O)[C@@H](O)[C@@H]1O[C@@H]1O[C@@H](C)[C@H](O)[C@@H](O)[C@H]1O. The van der Waals surface area contributed by atoms with Gasteiger partial charge in [-0.3, -0.25) is 9.59 Å². The van der Waals surface area contributed by atoms with E-state index in [4.69, 9.17) is 52.1 Å². The summed E-state index contributed by atoms with van der Waals surface area (Å²) >= 11 is 0. The van der Waals surface area contributed by atoms with Crippen LogP contribution in [0.25, 0.3) is 0 Å². The first-order valence-electron chi connectivity index (χ1n) is 31.7. The summed E-state index contributed by atoms with van der Waals surface area (Å²) in [5.74, 6) is -1.63. The van der Waals surface area contributed by atoms with Gasteiger partial charge in [-0.05, 0) is 116 Å². The number of allylic oxidation sites excluding steroid dienone is 2. The number of ether oxygens (including phenoxy) is 11. The zero-order valence-corrected chi connectivity index (χ0v) is 51.9. The first kappa shape index (κ1) is 69.5. The summed E-state index contributed by atoms with van der Waals surface area (Å²) in [6, 6.07) is 0. The van der Waals surface area contributed by atoms with Crippen LogP contribution < -0.4 is 0 Å². The number of carbonyl (C=O) groups is 2. The van der Waals surface area contributed by atoms with Crippen molar-refractivity contribution in [2.75, 3.05) is 33.0 Å². The third-order valence-electron chi connectivity index (χ3n) is 23.6. The van der Waals surface area contributed by atoms with Crippen LogP contribution in [0.3, 0.4) is 0 Å². The molecule has 5 heterocycles. The molecule has 5 aliphatic heterocycles. The van der Waals surface area contributed by atoms with Crippen molar-refractivity contribution in [2.45, 2.75) is 273 Å². The fraction of sp³-hybridized carbons (Fsp3) is 0.934. The number of fused-ring (bicyclic) bond motifs is 7. The molecule has 28 heteroatoms. The molecule has 0 spiro atoms. The van der Waals surface area contributed by atoms with Gasteiger partial charge in [0.15, 0.2) is 25.2 Å². The van der Waals surface area contributed by atoms with Crippen molar-refractivity contribution in [1.29, 1.82) is 0 Å². The number of aliphatic hydroxyl groups is 15. The molecule has 89 heavy (non-hydrogen) atoms. The van der Waals surface area contributed by atoms with E-state index in [9.17, 15) is 81.4 Å². The largest absolute Gasteiger partial charge is 0.463 e. The van der Waals surface area contributed by atoms with Gasteiger partial charge in [-0.1, -0.05) is 53.2 Å². The van der Waals surface area contributed by atoms with Gasteiger partial charge in [0.1, 0.15) is 116 Å². The Kier molecular flexibility index (Phi) is 20.3. The standard InChI is InChI=1S/C61H98O28/c1-25-36(66)40(70)44(74)51(82-25)87-48-32(23-79-26(2)64)85-50(47(77)43(48)73)81-22-31-39(69)42(72)46(76)53(84-31)89-55(78)61-17-15-57(5,24-63)19-28(61)27-9-10-34-58(6)13-12-35(56(3,4)33(58)11-14-60(34,8)59(27,7)16-18-61)86-54-49(37(67)29(65)21-80-54)88-52-45(75)41(71)38(68)30(20-62)83-52/h9,25,28-54,62-63,65-77H,10-24H2,1-8H3/t25-,28-,29+,30+,31+,32+,33-,34+,35-,36-,37+,38+,39+,40+,41-,42-,43+,44+,45+,46+,47+,48+,49-,50+,51-,52-,53-,54+,57+,58-,59+,60+,61-/m0/s1. The van der Waals surface area contributed by atoms with Crippen LogP contribution in [0.4, 0.5) is 0 Å². The molecule has 0 aromatic carbocycles. The highest BCUT2D eigenvalue weighted by atomic mass is 16.8. The molecule has 0 radical (unpaired) electrons. The molecule has 5 aliphatic carbocycles. The minimum Gasteiger partial charge on any atom is -0.463 e. The molecule has 15 N–H and O–H groups in total. The summed E-state index contributed by atoms with van der Waals surface area (Å²) in [5.41, 5.74) is -2.15. The Bertz CT molecular complexity index is 2510. The van der Waals surface area contributed by atoms with E-state index in [1.807, 2.05) is 6.92 Å². The van der Waals surface area contributed by atoms with Gasteiger partial charge in [0, 0.05) is 13.5 Å². The number of hydrogen-bond donors (Lipinski definition) is 15. The summed E-state index contributed by atoms with van der Waals surface area (Å²) in [5, 5.41) is 162. The van der Waals surface area contributed by atoms with E-state index in [1.54, 1.807) is 0 Å². The highest BCUT2D eigenvalue weighted by Gasteiger charge is 2.70. The maximum Gasteiger partial charge on any atom is 0.315 e. The van der Waals surface area contributed by atoms with Gasteiger partial charge >= 0.3 is 11.9 Å². The Balaban J connectivity index is 0.838. The lowest BCUT2D eigenvalue weighted by molar-refractivity contribution is -0.367. The molecule has 10 rings (SSSR count). The van der Waals surface area contributed by atoms with E-state index < -0.39 is 213 Å². The average molecular weight is 1280 g/mol. The lowest BCUT2D eigenvalue weighted by Crippen LogP contribution is -2.66. The van der Waals surface area contributed by atoms with Gasteiger partial charge in [0.25, 0.3) is 0 Å². The van der Waals surface area contributed by atoms with Gasteiger partial charge in [-0.2, -0.15) is 0 Å². The number of aliphatic hydroxyl groups excluding tert-OH is 15. The molecular weight excluding hydrogens is 1180 g/mol. The van der Waals surface area contributed by atoms with Crippen LogP contribution in [-0.2, 0) is 61.7 Å². The molecule has 4 saturated carbocycles. The summed E-state index contributed by atoms with van der Waals surface area (Å²) in [6.45, 7) is 13.5. The van der Waals surface area contributed by atoms with E-state index in [0.717, 1.165) is 31.8 Å². The van der Waals surface area contributed by atoms with Gasteiger partial charge in [-0.15, -0.1) is 0 Å². The van der Waals surface area contributed by atoms with Gasteiger partial charge in [0.2, 0.25) is 6.29 Å². The molecule has 510 valence electrons. The second-order valence-electron chi connectivity index (χ2n) is 29.1. The quantitative estimate of drug-likeness (QED) is 0.0441. The van der Waals surface area contributed by atoms with Crippen LogP contribution >= 0.6 is 0 Å². The average Bonchev–Trinajstić information content (AvgIpc) is 0.682. The first-order chi connectivity index (χ1) is 41.7. The minimum atomic E-state index is -1.95. The van der Waals surface area contributed by atoms with Crippen molar-refractivity contribution in [3.05, 3.63) is 11.6 Å². The number of esters is 2. The Morgan fingerprint density at radius 3 is 1.83 bits per heavy atom. The third kappa shape index (κ3) is 12.1. The second kappa shape index (κ2) is 26.0. The van der Waals surface area contributed by atoms with Crippen LogP contribution in [0.1, 0.15) is 120 Å². The third-order valence-corrected chi connectivity index (χ3v) is 23.6. The fourth-order valence-electron chi connectivity index (χ4n) is 17.8. The van der Waals surface area contributed by atoms with Gasteiger partial charge in [-0.25, -0.2) is 0 Å². The number of carbonyl (C=O) groups excluding carboxylic acids is 2. The molecule has 5 saturated heterocycles. The molecule has 0 amide bonds. The predicted octanol–water partition coefficient (Wildman–Crippen LogP) is -3.00. The van der Waals surface area contributed by atoms with Gasteiger partial charge < -0.3 is 129 Å². The Labute approximate surface area is 516 Å². The van der Waals surface area contributed by atoms with E-state index in [1.165, 1.54) is 6.92 Å². The van der Waals surface area contributed by atoms with Gasteiger partial charge in [0.05, 0.1) is 37.4 Å². The minimum absolute atomic E-state index is 0.0997.